The van der Waals surface area contributed by atoms with Crippen molar-refractivity contribution >= 4 is 29.3 Å². The maximum atomic E-state index is 13.0. The highest BCUT2D eigenvalue weighted by molar-refractivity contribution is 6.33. The Bertz CT molecular complexity index is 1090. The zero-order valence-corrected chi connectivity index (χ0v) is 17.6. The number of anilines is 2. The number of hydrogen-bond donors (Lipinski definition) is 1. The molecule has 0 saturated carbocycles. The molecule has 0 spiro atoms. The number of nitrogens with one attached hydrogen (secondary N) is 1. The highest BCUT2D eigenvalue weighted by Crippen LogP contribution is 2.34. The summed E-state index contributed by atoms with van der Waals surface area (Å²) < 4.78 is 40.9. The molecule has 0 aliphatic carbocycles. The second kappa shape index (κ2) is 8.63. The van der Waals surface area contributed by atoms with Gasteiger partial charge in [-0.05, 0) is 50.1 Å². The van der Waals surface area contributed by atoms with Gasteiger partial charge in [-0.15, -0.1) is 0 Å². The van der Waals surface area contributed by atoms with Crippen LogP contribution in [0.3, 0.4) is 0 Å². The predicted octanol–water partition coefficient (Wildman–Crippen LogP) is 5.90. The molecular weight excluding hydrogens is 427 g/mol. The third-order valence-electron chi connectivity index (χ3n) is 5.16. The van der Waals surface area contributed by atoms with Crippen LogP contribution in [0.15, 0.2) is 53.6 Å². The van der Waals surface area contributed by atoms with Gasteiger partial charge in [0.25, 0.3) is 0 Å². The quantitative estimate of drug-likeness (QED) is 0.391. The summed E-state index contributed by atoms with van der Waals surface area (Å²) >= 11 is 6.05. The lowest BCUT2D eigenvalue weighted by Gasteiger charge is -2.20. The molecule has 1 N–H and O–H groups in total. The fourth-order valence-corrected chi connectivity index (χ4v) is 3.77. The van der Waals surface area contributed by atoms with Crippen molar-refractivity contribution in [2.45, 2.75) is 25.9 Å². The van der Waals surface area contributed by atoms with Crippen molar-refractivity contribution in [3.05, 3.63) is 70.4 Å². The highest BCUT2D eigenvalue weighted by atomic mass is 35.5. The van der Waals surface area contributed by atoms with E-state index >= 15 is 0 Å². The van der Waals surface area contributed by atoms with Crippen LogP contribution in [0.2, 0.25) is 5.02 Å². The summed E-state index contributed by atoms with van der Waals surface area (Å²) in [4.78, 5) is 2.26. The number of rotatable bonds is 5. The van der Waals surface area contributed by atoms with Gasteiger partial charge in [0.15, 0.2) is 0 Å². The van der Waals surface area contributed by atoms with Crippen LogP contribution < -0.4 is 10.3 Å². The molecule has 1 saturated heterocycles. The summed E-state index contributed by atoms with van der Waals surface area (Å²) in [6, 6.07) is 12.9. The fraction of sp³-hybridized carbons (Fsp3) is 0.273. The maximum Gasteiger partial charge on any atom is 0.416 e. The number of hydrazone groups is 1. The van der Waals surface area contributed by atoms with E-state index < -0.39 is 11.7 Å². The lowest BCUT2D eigenvalue weighted by molar-refractivity contribution is -0.137. The Kier molecular flexibility index (Phi) is 5.91. The predicted molar refractivity (Wildman–Crippen MR) is 117 cm³/mol. The smallest absolute Gasteiger partial charge is 0.356 e. The molecule has 9 heteroatoms. The van der Waals surface area contributed by atoms with Gasteiger partial charge in [0, 0.05) is 13.1 Å². The Hall–Kier alpha value is -3.00. The molecular formula is C22H21ClF3N5. The minimum Gasteiger partial charge on any atom is -0.356 e. The van der Waals surface area contributed by atoms with Crippen molar-refractivity contribution in [3.8, 4) is 5.69 Å². The van der Waals surface area contributed by atoms with Gasteiger partial charge in [0.1, 0.15) is 5.82 Å². The number of benzene rings is 2. The summed E-state index contributed by atoms with van der Waals surface area (Å²) in [5.74, 6) is 0.918. The summed E-state index contributed by atoms with van der Waals surface area (Å²) in [5, 5.41) is 9.04. The van der Waals surface area contributed by atoms with Gasteiger partial charge >= 0.3 is 6.18 Å². The molecule has 1 fully saturated rings. The van der Waals surface area contributed by atoms with E-state index in [2.05, 4.69) is 15.4 Å². The molecule has 5 nitrogen and oxygen atoms in total. The van der Waals surface area contributed by atoms with E-state index in [-0.39, 0.29) is 10.7 Å². The highest BCUT2D eigenvalue weighted by Gasteiger charge is 2.31. The van der Waals surface area contributed by atoms with E-state index in [9.17, 15) is 13.2 Å². The molecule has 0 amide bonds. The molecule has 3 aromatic rings. The number of para-hydroxylation sites is 1. The van der Waals surface area contributed by atoms with Crippen LogP contribution in [0.25, 0.3) is 5.69 Å². The first kappa shape index (κ1) is 21.2. The number of aromatic nitrogens is 2. The van der Waals surface area contributed by atoms with Crippen LogP contribution in [0.1, 0.15) is 29.7 Å². The van der Waals surface area contributed by atoms with Crippen LogP contribution in [0.4, 0.5) is 24.7 Å². The van der Waals surface area contributed by atoms with Crippen LogP contribution in [0, 0.1) is 6.92 Å². The third kappa shape index (κ3) is 4.54. The van der Waals surface area contributed by atoms with Crippen molar-refractivity contribution in [2.24, 2.45) is 5.10 Å². The number of hydrogen-bond acceptors (Lipinski definition) is 4. The SMILES string of the molecule is Cc1nn(-c2ccccc2)c(N2CCCC2)c1/C=N\Nc1cc(C(F)(F)F)ccc1Cl. The Morgan fingerprint density at radius 1 is 1.10 bits per heavy atom. The van der Waals surface area contributed by atoms with E-state index in [0.717, 1.165) is 60.8 Å². The average molecular weight is 448 g/mol. The zero-order valence-electron chi connectivity index (χ0n) is 16.8. The van der Waals surface area contributed by atoms with Crippen molar-refractivity contribution in [2.75, 3.05) is 23.4 Å². The van der Waals surface area contributed by atoms with Crippen LogP contribution in [0.5, 0.6) is 0 Å². The minimum absolute atomic E-state index is 0.0866. The number of nitrogens with zero attached hydrogens (tertiary/aromatic N) is 4. The average Bonchev–Trinajstić information content (AvgIpc) is 3.37. The molecule has 2 heterocycles. The van der Waals surface area contributed by atoms with Gasteiger partial charge in [0.05, 0.1) is 39.4 Å². The number of aryl methyl sites for hydroxylation is 1. The Morgan fingerprint density at radius 3 is 2.48 bits per heavy atom. The second-order valence-corrected chi connectivity index (χ2v) is 7.73. The summed E-state index contributed by atoms with van der Waals surface area (Å²) in [6.07, 6.45) is -0.686. The van der Waals surface area contributed by atoms with Crippen molar-refractivity contribution in [1.29, 1.82) is 0 Å². The standard InChI is InChI=1S/C22H21ClF3N5/c1-15-18(14-27-28-20-13-16(22(24,25)26)9-10-19(20)23)21(30-11-5-6-12-30)31(29-15)17-7-3-2-4-8-17/h2-4,7-10,13-14,28H,5-6,11-12H2,1H3/b27-14-. The van der Waals surface area contributed by atoms with Crippen LogP contribution in [-0.2, 0) is 6.18 Å². The molecule has 31 heavy (non-hydrogen) atoms. The molecule has 0 atom stereocenters. The Balaban J connectivity index is 1.67. The van der Waals surface area contributed by atoms with E-state index in [4.69, 9.17) is 16.7 Å². The van der Waals surface area contributed by atoms with Gasteiger partial charge in [-0.3, -0.25) is 5.43 Å². The molecule has 4 rings (SSSR count). The molecule has 1 aliphatic rings. The summed E-state index contributed by atoms with van der Waals surface area (Å²) in [7, 11) is 0. The van der Waals surface area contributed by atoms with E-state index in [0.29, 0.717) is 0 Å². The van der Waals surface area contributed by atoms with Crippen molar-refractivity contribution in [3.63, 3.8) is 0 Å². The first-order valence-corrected chi connectivity index (χ1v) is 10.3. The van der Waals surface area contributed by atoms with Gasteiger partial charge in [-0.2, -0.15) is 23.4 Å². The molecule has 1 aliphatic heterocycles. The zero-order chi connectivity index (χ0) is 22.0. The molecule has 0 bridgehead atoms. The fourth-order valence-electron chi connectivity index (χ4n) is 3.61. The Labute approximate surface area is 183 Å². The van der Waals surface area contributed by atoms with E-state index in [1.165, 1.54) is 6.07 Å². The van der Waals surface area contributed by atoms with E-state index in [1.807, 2.05) is 41.9 Å². The van der Waals surface area contributed by atoms with E-state index in [1.54, 1.807) is 6.21 Å². The van der Waals surface area contributed by atoms with Gasteiger partial charge in [-0.1, -0.05) is 29.8 Å². The first-order valence-electron chi connectivity index (χ1n) is 9.90. The first-order chi connectivity index (χ1) is 14.8. The summed E-state index contributed by atoms with van der Waals surface area (Å²) in [6.45, 7) is 3.70. The van der Waals surface area contributed by atoms with Gasteiger partial charge in [-0.25, -0.2) is 4.68 Å². The third-order valence-corrected chi connectivity index (χ3v) is 5.49. The van der Waals surface area contributed by atoms with Crippen LogP contribution >= 0.6 is 11.6 Å². The topological polar surface area (TPSA) is 45.5 Å². The molecule has 1 aromatic heterocycles. The van der Waals surface area contributed by atoms with Gasteiger partial charge < -0.3 is 4.90 Å². The van der Waals surface area contributed by atoms with Crippen molar-refractivity contribution < 1.29 is 13.2 Å². The number of alkyl halides is 3. The normalized spacial score (nSPS) is 14.5. The molecule has 162 valence electrons. The van der Waals surface area contributed by atoms with Crippen LogP contribution in [-0.4, -0.2) is 29.1 Å². The monoisotopic (exact) mass is 447 g/mol. The lowest BCUT2D eigenvalue weighted by Crippen LogP contribution is -2.22. The maximum absolute atomic E-state index is 13.0. The molecule has 2 aromatic carbocycles. The Morgan fingerprint density at radius 2 is 1.81 bits per heavy atom. The second-order valence-electron chi connectivity index (χ2n) is 7.33. The lowest BCUT2D eigenvalue weighted by atomic mass is 10.2. The largest absolute Gasteiger partial charge is 0.416 e. The van der Waals surface area contributed by atoms with Gasteiger partial charge in [0.2, 0.25) is 0 Å². The van der Waals surface area contributed by atoms with Crippen molar-refractivity contribution in [1.82, 2.24) is 9.78 Å². The summed E-state index contributed by atoms with van der Waals surface area (Å²) in [5.41, 5.74) is 4.45. The molecule has 0 unspecified atom stereocenters. The molecule has 0 radical (unpaired) electrons. The number of halogens is 4. The minimum atomic E-state index is -4.46.